The second kappa shape index (κ2) is 6.82. The number of aromatic amines is 1. The quantitative estimate of drug-likeness (QED) is 0.655. The van der Waals surface area contributed by atoms with E-state index in [1.807, 2.05) is 41.4 Å². The summed E-state index contributed by atoms with van der Waals surface area (Å²) in [6, 6.07) is 5.87. The molecule has 3 aromatic heterocycles. The Hall–Kier alpha value is -2.43. The van der Waals surface area contributed by atoms with Crippen LogP contribution in [0.2, 0.25) is 0 Å². The van der Waals surface area contributed by atoms with Crippen LogP contribution in [0.1, 0.15) is 12.8 Å². The number of nitrogens with one attached hydrogen (secondary N) is 1. The standard InChI is InChI=1S/C19H25N7O2S/c1-23(10-11-24-8-2-3-9-24)29(27,28)26-13-12-25(14-19(26)5-6-19)18-16-4-7-20-17(16)21-15-22-18/h2-4,7-9,15H,5-6,10-14H2,1H3,(H,20,21,22). The number of rotatable bonds is 6. The van der Waals surface area contributed by atoms with Gasteiger partial charge in [-0.1, -0.05) is 0 Å². The van der Waals surface area contributed by atoms with Crippen LogP contribution in [0.25, 0.3) is 11.0 Å². The molecule has 2 fully saturated rings. The van der Waals surface area contributed by atoms with E-state index in [0.29, 0.717) is 32.7 Å². The van der Waals surface area contributed by atoms with Gasteiger partial charge in [-0.2, -0.15) is 17.0 Å². The van der Waals surface area contributed by atoms with Gasteiger partial charge in [-0.05, 0) is 31.0 Å². The normalized spacial score (nSPS) is 19.4. The first kappa shape index (κ1) is 18.6. The SMILES string of the molecule is CN(CCn1cccc1)S(=O)(=O)N1CCN(c2ncnc3[nH]ccc23)CC12CC2. The fraction of sp³-hybridized carbons (Fsp3) is 0.474. The Morgan fingerprint density at radius 2 is 2.00 bits per heavy atom. The molecule has 1 spiro atoms. The molecule has 29 heavy (non-hydrogen) atoms. The highest BCUT2D eigenvalue weighted by Crippen LogP contribution is 2.47. The number of aromatic nitrogens is 4. The predicted molar refractivity (Wildman–Crippen MR) is 111 cm³/mol. The maximum atomic E-state index is 13.3. The van der Waals surface area contributed by atoms with Crippen molar-refractivity contribution in [2.24, 2.45) is 0 Å². The number of hydrogen-bond acceptors (Lipinski definition) is 5. The summed E-state index contributed by atoms with van der Waals surface area (Å²) in [5.74, 6) is 0.875. The van der Waals surface area contributed by atoms with E-state index < -0.39 is 10.2 Å². The maximum absolute atomic E-state index is 13.3. The van der Waals surface area contributed by atoms with Crippen molar-refractivity contribution in [3.05, 3.63) is 43.1 Å². The van der Waals surface area contributed by atoms with Crippen molar-refractivity contribution in [1.29, 1.82) is 0 Å². The summed E-state index contributed by atoms with van der Waals surface area (Å²) in [5, 5.41) is 0.975. The summed E-state index contributed by atoms with van der Waals surface area (Å²) in [5.41, 5.74) is 0.478. The minimum absolute atomic E-state index is 0.327. The molecule has 0 aromatic carbocycles. The number of nitrogens with zero attached hydrogens (tertiary/aromatic N) is 6. The van der Waals surface area contributed by atoms with Gasteiger partial charge in [0.05, 0.1) is 10.9 Å². The van der Waals surface area contributed by atoms with E-state index in [2.05, 4.69) is 19.9 Å². The molecule has 1 aliphatic carbocycles. The Labute approximate surface area is 170 Å². The lowest BCUT2D eigenvalue weighted by Crippen LogP contribution is -2.60. The number of piperazine rings is 1. The molecular weight excluding hydrogens is 390 g/mol. The largest absolute Gasteiger partial charge is 0.353 e. The second-order valence-electron chi connectivity index (χ2n) is 7.91. The van der Waals surface area contributed by atoms with Crippen molar-refractivity contribution >= 4 is 27.1 Å². The number of H-pyrrole nitrogens is 1. The van der Waals surface area contributed by atoms with Crippen molar-refractivity contribution in [1.82, 2.24) is 28.1 Å². The van der Waals surface area contributed by atoms with E-state index >= 15 is 0 Å². The van der Waals surface area contributed by atoms with Gasteiger partial charge in [-0.15, -0.1) is 0 Å². The van der Waals surface area contributed by atoms with E-state index in [1.165, 1.54) is 4.31 Å². The molecule has 0 radical (unpaired) electrons. The summed E-state index contributed by atoms with van der Waals surface area (Å²) in [4.78, 5) is 14.1. The first-order valence-corrected chi connectivity index (χ1v) is 11.3. The van der Waals surface area contributed by atoms with Gasteiger partial charge in [0, 0.05) is 58.4 Å². The molecule has 0 amide bonds. The van der Waals surface area contributed by atoms with Gasteiger partial charge in [-0.25, -0.2) is 9.97 Å². The van der Waals surface area contributed by atoms with Gasteiger partial charge >= 0.3 is 0 Å². The van der Waals surface area contributed by atoms with E-state index in [9.17, 15) is 8.42 Å². The Balaban J connectivity index is 1.33. The van der Waals surface area contributed by atoms with Gasteiger partial charge in [0.15, 0.2) is 0 Å². The van der Waals surface area contributed by atoms with Crippen LogP contribution in [0.5, 0.6) is 0 Å². The Morgan fingerprint density at radius 1 is 1.21 bits per heavy atom. The lowest BCUT2D eigenvalue weighted by molar-refractivity contribution is 0.249. The second-order valence-corrected chi connectivity index (χ2v) is 9.87. The number of hydrogen-bond donors (Lipinski definition) is 1. The summed E-state index contributed by atoms with van der Waals surface area (Å²) in [7, 11) is -1.83. The summed E-state index contributed by atoms with van der Waals surface area (Å²) >= 11 is 0. The number of anilines is 1. The number of likely N-dealkylation sites (N-methyl/N-ethyl adjacent to an activating group) is 1. The molecule has 3 aromatic rings. The molecule has 2 aliphatic rings. The first-order chi connectivity index (χ1) is 14.0. The molecule has 4 heterocycles. The predicted octanol–water partition coefficient (Wildman–Crippen LogP) is 1.29. The highest BCUT2D eigenvalue weighted by molar-refractivity contribution is 7.86. The van der Waals surface area contributed by atoms with E-state index in [4.69, 9.17) is 0 Å². The molecular formula is C19H25N7O2S. The molecule has 0 unspecified atom stereocenters. The first-order valence-electron chi connectivity index (χ1n) is 9.88. The van der Waals surface area contributed by atoms with Crippen LogP contribution in [0.15, 0.2) is 43.1 Å². The lowest BCUT2D eigenvalue weighted by Gasteiger charge is -2.43. The van der Waals surface area contributed by atoms with Crippen molar-refractivity contribution in [2.45, 2.75) is 24.9 Å². The molecule has 9 nitrogen and oxygen atoms in total. The van der Waals surface area contributed by atoms with Crippen LogP contribution in [-0.4, -0.2) is 75.3 Å². The van der Waals surface area contributed by atoms with Gasteiger partial charge in [0.25, 0.3) is 10.2 Å². The van der Waals surface area contributed by atoms with Gasteiger partial charge in [-0.3, -0.25) is 0 Å². The fourth-order valence-corrected chi connectivity index (χ4v) is 5.92. The molecule has 5 rings (SSSR count). The third kappa shape index (κ3) is 3.21. The molecule has 1 saturated carbocycles. The highest BCUT2D eigenvalue weighted by atomic mass is 32.2. The zero-order chi connectivity index (χ0) is 20.1. The summed E-state index contributed by atoms with van der Waals surface area (Å²) in [6.45, 7) is 2.83. The topological polar surface area (TPSA) is 90.4 Å². The van der Waals surface area contributed by atoms with E-state index in [1.54, 1.807) is 17.7 Å². The van der Waals surface area contributed by atoms with Crippen molar-refractivity contribution in [3.8, 4) is 0 Å². The Morgan fingerprint density at radius 3 is 2.76 bits per heavy atom. The van der Waals surface area contributed by atoms with Crippen LogP contribution >= 0.6 is 0 Å². The van der Waals surface area contributed by atoms with Crippen LogP contribution in [-0.2, 0) is 16.8 Å². The van der Waals surface area contributed by atoms with E-state index in [-0.39, 0.29) is 5.54 Å². The average molecular weight is 416 g/mol. The molecule has 1 saturated heterocycles. The minimum atomic E-state index is -3.51. The van der Waals surface area contributed by atoms with Crippen LogP contribution < -0.4 is 4.90 Å². The molecule has 0 bridgehead atoms. The third-order valence-corrected chi connectivity index (χ3v) is 8.16. The van der Waals surface area contributed by atoms with Crippen LogP contribution in [0.3, 0.4) is 0 Å². The van der Waals surface area contributed by atoms with Crippen molar-refractivity contribution in [3.63, 3.8) is 0 Å². The highest BCUT2D eigenvalue weighted by Gasteiger charge is 2.56. The van der Waals surface area contributed by atoms with Crippen LogP contribution in [0.4, 0.5) is 5.82 Å². The number of fused-ring (bicyclic) bond motifs is 1. The monoisotopic (exact) mass is 415 g/mol. The van der Waals surface area contributed by atoms with Gasteiger partial charge in [0.2, 0.25) is 0 Å². The van der Waals surface area contributed by atoms with Crippen LogP contribution in [0, 0.1) is 0 Å². The third-order valence-electron chi connectivity index (χ3n) is 6.06. The zero-order valence-corrected chi connectivity index (χ0v) is 17.2. The molecule has 1 N–H and O–H groups in total. The smallest absolute Gasteiger partial charge is 0.282 e. The fourth-order valence-electron chi connectivity index (χ4n) is 4.22. The average Bonchev–Trinajstić information content (AvgIpc) is 3.15. The molecule has 10 heteroatoms. The van der Waals surface area contributed by atoms with Gasteiger partial charge < -0.3 is 14.5 Å². The minimum Gasteiger partial charge on any atom is -0.353 e. The Bertz CT molecular complexity index is 1100. The van der Waals surface area contributed by atoms with Gasteiger partial charge in [0.1, 0.15) is 17.8 Å². The summed E-state index contributed by atoms with van der Waals surface area (Å²) < 4.78 is 31.8. The molecule has 154 valence electrons. The Kier molecular flexibility index (Phi) is 4.37. The van der Waals surface area contributed by atoms with Crippen molar-refractivity contribution in [2.75, 3.05) is 38.1 Å². The lowest BCUT2D eigenvalue weighted by atomic mass is 10.2. The molecule has 1 aliphatic heterocycles. The summed E-state index contributed by atoms with van der Waals surface area (Å²) in [6.07, 6.45) is 9.09. The maximum Gasteiger partial charge on any atom is 0.282 e. The molecule has 0 atom stereocenters. The van der Waals surface area contributed by atoms with E-state index in [0.717, 1.165) is 29.7 Å². The van der Waals surface area contributed by atoms with Crippen molar-refractivity contribution < 1.29 is 8.42 Å². The zero-order valence-electron chi connectivity index (χ0n) is 16.4.